The van der Waals surface area contributed by atoms with E-state index in [1.165, 1.54) is 11.9 Å². The summed E-state index contributed by atoms with van der Waals surface area (Å²) in [6.45, 7) is 2.58. The van der Waals surface area contributed by atoms with Crippen molar-refractivity contribution >= 4 is 17.0 Å². The maximum atomic E-state index is 5.31. The van der Waals surface area contributed by atoms with Gasteiger partial charge in [-0.1, -0.05) is 0 Å². The molecule has 0 aromatic carbocycles. The molecule has 0 spiro atoms. The molecular formula is C3H7N3S. The predicted molar refractivity (Wildman–Crippen MR) is 31.6 cm³/mol. The maximum absolute atomic E-state index is 5.31. The lowest BCUT2D eigenvalue weighted by Crippen LogP contribution is -2.19. The van der Waals surface area contributed by atoms with Crippen molar-refractivity contribution < 1.29 is 0 Å². The summed E-state index contributed by atoms with van der Waals surface area (Å²) in [7, 11) is 0. The standard InChI is InChI=1S/C3H7N3S/c1-3-5-2-6(4)7-3/h2,4H2,1H3. The van der Waals surface area contributed by atoms with Crippen molar-refractivity contribution in [2.45, 2.75) is 6.92 Å². The van der Waals surface area contributed by atoms with Crippen LogP contribution >= 0.6 is 11.9 Å². The van der Waals surface area contributed by atoms with Gasteiger partial charge in [0.25, 0.3) is 0 Å². The second-order valence-corrected chi connectivity index (χ2v) is 2.57. The van der Waals surface area contributed by atoms with E-state index in [2.05, 4.69) is 4.99 Å². The molecule has 0 saturated heterocycles. The summed E-state index contributed by atoms with van der Waals surface area (Å²) in [6, 6.07) is 0. The van der Waals surface area contributed by atoms with Gasteiger partial charge in [0.2, 0.25) is 0 Å². The van der Waals surface area contributed by atoms with Crippen molar-refractivity contribution in [3.63, 3.8) is 0 Å². The van der Waals surface area contributed by atoms with Crippen LogP contribution in [0.25, 0.3) is 0 Å². The van der Waals surface area contributed by atoms with E-state index in [9.17, 15) is 0 Å². The van der Waals surface area contributed by atoms with Crippen LogP contribution in [0.5, 0.6) is 0 Å². The second-order valence-electron chi connectivity index (χ2n) is 1.33. The smallest absolute Gasteiger partial charge is 0.116 e. The number of hydrogen-bond donors (Lipinski definition) is 1. The number of aliphatic imine (C=N–C) groups is 1. The number of hydrogen-bond acceptors (Lipinski definition) is 4. The van der Waals surface area contributed by atoms with E-state index in [0.29, 0.717) is 6.67 Å². The molecule has 40 valence electrons. The van der Waals surface area contributed by atoms with Crippen LogP contribution in [0.2, 0.25) is 0 Å². The highest BCUT2D eigenvalue weighted by atomic mass is 32.2. The molecule has 0 aromatic rings. The average Bonchev–Trinajstić information content (AvgIpc) is 1.87. The molecule has 0 fully saturated rings. The third-order valence-electron chi connectivity index (χ3n) is 0.682. The number of nitrogens with two attached hydrogens (primary N) is 1. The summed E-state index contributed by atoms with van der Waals surface area (Å²) in [6.07, 6.45) is 0. The van der Waals surface area contributed by atoms with Crippen molar-refractivity contribution in [3.8, 4) is 0 Å². The molecule has 1 aliphatic heterocycles. The highest BCUT2D eigenvalue weighted by Crippen LogP contribution is 2.12. The summed E-state index contributed by atoms with van der Waals surface area (Å²) in [5, 5.41) is 1.04. The molecule has 0 unspecified atom stereocenters. The molecular weight excluding hydrogens is 110 g/mol. The minimum absolute atomic E-state index is 0.635. The van der Waals surface area contributed by atoms with E-state index in [1.807, 2.05) is 6.92 Å². The molecule has 4 heteroatoms. The SMILES string of the molecule is CC1=NCN(N)S1. The quantitative estimate of drug-likeness (QED) is 0.364. The minimum Gasteiger partial charge on any atom is -0.264 e. The first-order valence-corrected chi connectivity index (χ1v) is 2.77. The first-order chi connectivity index (χ1) is 3.29. The number of hydrazine groups is 1. The maximum Gasteiger partial charge on any atom is 0.116 e. The fourth-order valence-electron chi connectivity index (χ4n) is 0.397. The third kappa shape index (κ3) is 1.15. The van der Waals surface area contributed by atoms with Gasteiger partial charge in [-0.3, -0.25) is 10.8 Å². The van der Waals surface area contributed by atoms with Crippen molar-refractivity contribution in [1.29, 1.82) is 0 Å². The Morgan fingerprint density at radius 3 is 2.86 bits per heavy atom. The van der Waals surface area contributed by atoms with Gasteiger partial charge in [-0.25, -0.2) is 0 Å². The lowest BCUT2D eigenvalue weighted by Gasteiger charge is -1.99. The van der Waals surface area contributed by atoms with Crippen LogP contribution < -0.4 is 5.84 Å². The molecule has 3 nitrogen and oxygen atoms in total. The molecule has 1 rings (SSSR count). The monoisotopic (exact) mass is 117 g/mol. The summed E-state index contributed by atoms with van der Waals surface area (Å²) in [5.41, 5.74) is 0. The zero-order valence-corrected chi connectivity index (χ0v) is 4.90. The fraction of sp³-hybridized carbons (Fsp3) is 0.667. The normalized spacial score (nSPS) is 22.9. The zero-order chi connectivity index (χ0) is 5.28. The largest absolute Gasteiger partial charge is 0.264 e. The van der Waals surface area contributed by atoms with Crippen LogP contribution in [0.4, 0.5) is 0 Å². The van der Waals surface area contributed by atoms with Gasteiger partial charge in [0.15, 0.2) is 0 Å². The Kier molecular flexibility index (Phi) is 1.32. The molecule has 0 radical (unpaired) electrons. The first-order valence-electron chi connectivity index (χ1n) is 2.00. The van der Waals surface area contributed by atoms with E-state index in [4.69, 9.17) is 5.84 Å². The molecule has 0 aliphatic carbocycles. The average molecular weight is 117 g/mol. The minimum atomic E-state index is 0.635. The van der Waals surface area contributed by atoms with E-state index in [-0.39, 0.29) is 0 Å². The van der Waals surface area contributed by atoms with E-state index < -0.39 is 0 Å². The Morgan fingerprint density at radius 2 is 2.71 bits per heavy atom. The summed E-state index contributed by atoms with van der Waals surface area (Å²) in [4.78, 5) is 4.00. The Balaban J connectivity index is 2.42. The second kappa shape index (κ2) is 1.81. The van der Waals surface area contributed by atoms with Crippen molar-refractivity contribution in [2.24, 2.45) is 10.8 Å². The van der Waals surface area contributed by atoms with Crippen LogP contribution in [0.1, 0.15) is 6.92 Å². The summed E-state index contributed by atoms with van der Waals surface area (Å²) < 4.78 is 1.59. The van der Waals surface area contributed by atoms with Crippen LogP contribution in [-0.2, 0) is 0 Å². The third-order valence-corrected chi connectivity index (χ3v) is 1.43. The molecule has 0 saturated carbocycles. The van der Waals surface area contributed by atoms with Gasteiger partial charge in [-0.15, -0.1) is 0 Å². The highest BCUT2D eigenvalue weighted by Gasteiger charge is 2.06. The first kappa shape index (κ1) is 5.08. The van der Waals surface area contributed by atoms with Gasteiger partial charge in [0.1, 0.15) is 6.67 Å². The molecule has 0 bridgehead atoms. The Bertz CT molecular complexity index is 100. The summed E-state index contributed by atoms with van der Waals surface area (Å²) in [5.74, 6) is 5.31. The Morgan fingerprint density at radius 1 is 2.00 bits per heavy atom. The van der Waals surface area contributed by atoms with Gasteiger partial charge >= 0.3 is 0 Å². The molecule has 2 N–H and O–H groups in total. The molecule has 7 heavy (non-hydrogen) atoms. The predicted octanol–water partition coefficient (Wildman–Crippen LogP) is 0.200. The van der Waals surface area contributed by atoms with Gasteiger partial charge in [0, 0.05) is 0 Å². The van der Waals surface area contributed by atoms with Gasteiger partial charge < -0.3 is 0 Å². The van der Waals surface area contributed by atoms with Crippen LogP contribution in [0, 0.1) is 0 Å². The fourth-order valence-corrected chi connectivity index (χ4v) is 0.967. The molecule has 1 aliphatic rings. The zero-order valence-electron chi connectivity index (χ0n) is 4.09. The topological polar surface area (TPSA) is 41.6 Å². The molecule has 0 aromatic heterocycles. The Labute approximate surface area is 46.7 Å². The number of rotatable bonds is 0. The molecule has 1 heterocycles. The van der Waals surface area contributed by atoms with Crippen LogP contribution in [-0.4, -0.2) is 16.1 Å². The van der Waals surface area contributed by atoms with Gasteiger partial charge in [-0.05, 0) is 18.9 Å². The summed E-state index contributed by atoms with van der Waals surface area (Å²) >= 11 is 1.48. The van der Waals surface area contributed by atoms with Crippen LogP contribution in [0.15, 0.2) is 4.99 Å². The Hall–Kier alpha value is -0.0600. The van der Waals surface area contributed by atoms with E-state index >= 15 is 0 Å². The lowest BCUT2D eigenvalue weighted by molar-refractivity contribution is 0.530. The van der Waals surface area contributed by atoms with Gasteiger partial charge in [-0.2, -0.15) is 4.41 Å². The van der Waals surface area contributed by atoms with Gasteiger partial charge in [0.05, 0.1) is 5.04 Å². The molecule has 0 amide bonds. The molecule has 0 atom stereocenters. The highest BCUT2D eigenvalue weighted by molar-refractivity contribution is 8.12. The lowest BCUT2D eigenvalue weighted by atomic mass is 10.9. The van der Waals surface area contributed by atoms with Crippen LogP contribution in [0.3, 0.4) is 0 Å². The van der Waals surface area contributed by atoms with E-state index in [1.54, 1.807) is 4.41 Å². The van der Waals surface area contributed by atoms with Crippen molar-refractivity contribution in [3.05, 3.63) is 0 Å². The number of nitrogens with zero attached hydrogens (tertiary/aromatic N) is 2. The van der Waals surface area contributed by atoms with E-state index in [0.717, 1.165) is 5.04 Å². The van der Waals surface area contributed by atoms with Crippen molar-refractivity contribution in [2.75, 3.05) is 6.67 Å². The van der Waals surface area contributed by atoms with Crippen molar-refractivity contribution in [1.82, 2.24) is 4.41 Å².